The summed E-state index contributed by atoms with van der Waals surface area (Å²) in [5, 5.41) is 11.2. The van der Waals surface area contributed by atoms with E-state index in [4.69, 9.17) is 24.2 Å². The van der Waals surface area contributed by atoms with Gasteiger partial charge in [-0.3, -0.25) is 19.6 Å². The number of phenols is 1. The van der Waals surface area contributed by atoms with Crippen molar-refractivity contribution in [3.63, 3.8) is 0 Å². The van der Waals surface area contributed by atoms with Crippen molar-refractivity contribution in [2.24, 2.45) is 0 Å². The molecule has 1 aliphatic carbocycles. The molecular formula is C45H60F2N6O6. The van der Waals surface area contributed by atoms with Crippen molar-refractivity contribution in [3.05, 3.63) is 35.3 Å². The largest absolute Gasteiger partial charge is 0.508 e. The molecule has 0 spiro atoms. The number of halogens is 2. The lowest BCUT2D eigenvalue weighted by Gasteiger charge is -2.41. The van der Waals surface area contributed by atoms with E-state index in [0.29, 0.717) is 49.2 Å². The molecule has 14 heteroatoms. The van der Waals surface area contributed by atoms with Crippen molar-refractivity contribution in [2.75, 3.05) is 44.5 Å². The zero-order chi connectivity index (χ0) is 41.1. The number of rotatable bonds is 16. The van der Waals surface area contributed by atoms with Crippen LogP contribution >= 0.6 is 0 Å². The Morgan fingerprint density at radius 2 is 1.75 bits per heavy atom. The Balaban J connectivity index is 1.02. The number of aryl methyl sites for hydroxylation is 1. The van der Waals surface area contributed by atoms with Crippen molar-refractivity contribution < 1.29 is 37.7 Å². The number of unbranched alkanes of at least 4 members (excludes halogenated alkanes) is 6. The summed E-state index contributed by atoms with van der Waals surface area (Å²) in [5.74, 6) is -0.260. The van der Waals surface area contributed by atoms with E-state index in [1.807, 2.05) is 4.90 Å². The molecule has 3 unspecified atom stereocenters. The molecule has 12 nitrogen and oxygen atoms in total. The maximum absolute atomic E-state index is 17.2. The minimum atomic E-state index is -0.932. The van der Waals surface area contributed by atoms with Crippen molar-refractivity contribution >= 4 is 28.8 Å². The van der Waals surface area contributed by atoms with Gasteiger partial charge >= 0.3 is 18.1 Å². The van der Waals surface area contributed by atoms with Crippen LogP contribution in [0.3, 0.4) is 0 Å². The summed E-state index contributed by atoms with van der Waals surface area (Å²) in [7, 11) is 0. The number of amides is 1. The highest BCUT2D eigenvalue weighted by molar-refractivity contribution is 5.92. The minimum absolute atomic E-state index is 0.00366. The lowest BCUT2D eigenvalue weighted by molar-refractivity contribution is -0.152. The maximum Gasteiger partial charge on any atom is 0.413 e. The average molecular weight is 819 g/mol. The predicted octanol–water partition coefficient (Wildman–Crippen LogP) is 8.75. The van der Waals surface area contributed by atoms with Gasteiger partial charge in [0.25, 0.3) is 0 Å². The topological polar surface area (TPSA) is 130 Å². The molecule has 1 aromatic carbocycles. The molecule has 2 bridgehead atoms. The number of ether oxygens (including phenoxy) is 3. The van der Waals surface area contributed by atoms with Crippen molar-refractivity contribution in [3.8, 4) is 23.0 Å². The van der Waals surface area contributed by atoms with Crippen molar-refractivity contribution in [2.45, 2.75) is 153 Å². The van der Waals surface area contributed by atoms with Crippen LogP contribution in [0.5, 0.6) is 11.8 Å². The summed E-state index contributed by atoms with van der Waals surface area (Å²) in [4.78, 5) is 45.9. The van der Waals surface area contributed by atoms with Gasteiger partial charge in [0.05, 0.1) is 23.0 Å². The van der Waals surface area contributed by atoms with Gasteiger partial charge in [-0.2, -0.15) is 9.97 Å². The number of esters is 1. The lowest BCUT2D eigenvalue weighted by Crippen LogP contribution is -2.56. The number of nitrogens with zero attached hydrogens (tertiary/aromatic N) is 6. The fraction of sp³-hybridized carbons (Fsp3) is 0.667. The monoisotopic (exact) mass is 818 g/mol. The smallest absolute Gasteiger partial charge is 0.413 e. The molecule has 4 fully saturated rings. The zero-order valence-corrected chi connectivity index (χ0v) is 34.7. The molecule has 320 valence electrons. The Morgan fingerprint density at radius 3 is 2.53 bits per heavy atom. The van der Waals surface area contributed by atoms with Crippen molar-refractivity contribution in [1.82, 2.24) is 24.8 Å². The number of alkyl halides is 1. The van der Waals surface area contributed by atoms with Crippen molar-refractivity contribution in [1.29, 1.82) is 0 Å². The number of aromatic hydroxyl groups is 1. The standard InChI is InChI=1S/C45H60F2N6O6/c1-3-5-6-7-8-9-10-15-37(55)58-28-59-44(56)53-32-16-17-33(53)26-51(25-32)42-36-23-48-40(35-21-34(54)20-30-14-11-13-29(4-2)38(30)35)39(47)41(36)49-43(50-42)57-27-45-18-12-19-52(45)24-31(46)22-45/h20-21,23,29,31-33,54H,3-19,22,24-28H2,1-2H3/t29?,31-,32?,33?,45+/m1/s1. The van der Waals surface area contributed by atoms with Gasteiger partial charge in [-0.05, 0) is 93.5 Å². The first kappa shape index (κ1) is 41.4. The molecule has 59 heavy (non-hydrogen) atoms. The number of fused-ring (bicyclic) bond motifs is 5. The van der Waals surface area contributed by atoms with Crippen LogP contribution in [-0.2, 0) is 20.7 Å². The Bertz CT molecular complexity index is 1990. The highest BCUT2D eigenvalue weighted by atomic mass is 19.1. The fourth-order valence-electron chi connectivity index (χ4n) is 10.7. The Morgan fingerprint density at radius 1 is 0.966 bits per heavy atom. The SMILES string of the molecule is CCCCCCCCCC(=O)OCOC(=O)N1C2CCC1CN(c1nc(OC[C@@]34CCCN3C[C@H](F)C4)nc3c(F)c(-c4cc(O)cc5c4C(CC)CCC5)ncc13)C2. The fourth-order valence-corrected chi connectivity index (χ4v) is 10.7. The van der Waals surface area contributed by atoms with Gasteiger partial charge in [-0.1, -0.05) is 52.4 Å². The predicted molar refractivity (Wildman–Crippen MR) is 220 cm³/mol. The normalized spacial score (nSPS) is 25.0. The van der Waals surface area contributed by atoms with Crippen LogP contribution in [0.15, 0.2) is 18.3 Å². The van der Waals surface area contributed by atoms with Crippen LogP contribution in [-0.4, -0.2) is 105 Å². The molecule has 5 aliphatic rings. The summed E-state index contributed by atoms with van der Waals surface area (Å²) in [6.45, 7) is 6.06. The molecule has 5 atom stereocenters. The second kappa shape index (κ2) is 18.1. The van der Waals surface area contributed by atoms with Gasteiger partial charge < -0.3 is 24.2 Å². The molecule has 0 saturated carbocycles. The molecule has 1 amide bonds. The first-order chi connectivity index (χ1) is 28.7. The molecule has 0 radical (unpaired) electrons. The Kier molecular flexibility index (Phi) is 12.7. The van der Waals surface area contributed by atoms with Gasteiger partial charge in [-0.25, -0.2) is 13.6 Å². The van der Waals surface area contributed by atoms with Crippen LogP contribution in [0.25, 0.3) is 22.2 Å². The van der Waals surface area contributed by atoms with E-state index in [1.165, 1.54) is 25.7 Å². The van der Waals surface area contributed by atoms with Crippen LogP contribution < -0.4 is 9.64 Å². The summed E-state index contributed by atoms with van der Waals surface area (Å²) < 4.78 is 49.0. The van der Waals surface area contributed by atoms with E-state index in [0.717, 1.165) is 88.3 Å². The number of aromatic nitrogens is 3. The van der Waals surface area contributed by atoms with E-state index in [-0.39, 0.29) is 53.5 Å². The second-order valence-electron chi connectivity index (χ2n) is 17.6. The summed E-state index contributed by atoms with van der Waals surface area (Å²) in [6.07, 6.45) is 15.4. The molecule has 2 aromatic heterocycles. The van der Waals surface area contributed by atoms with Crippen LogP contribution in [0.2, 0.25) is 0 Å². The quantitative estimate of drug-likeness (QED) is 0.0846. The molecule has 4 aliphatic heterocycles. The molecular weight excluding hydrogens is 759 g/mol. The summed E-state index contributed by atoms with van der Waals surface area (Å²) in [6, 6.07) is 2.97. The van der Waals surface area contributed by atoms with Crippen LogP contribution in [0, 0.1) is 5.82 Å². The molecule has 3 aromatic rings. The van der Waals surface area contributed by atoms with Gasteiger partial charge in [0.1, 0.15) is 35.6 Å². The van der Waals surface area contributed by atoms with Gasteiger partial charge in [0.2, 0.25) is 6.79 Å². The van der Waals surface area contributed by atoms with E-state index in [2.05, 4.69) is 23.7 Å². The number of carbonyl (C=O) groups excluding carboxylic acids is 2. The lowest BCUT2D eigenvalue weighted by atomic mass is 9.78. The van der Waals surface area contributed by atoms with Crippen LogP contribution in [0.4, 0.5) is 19.4 Å². The number of carbonyl (C=O) groups is 2. The third-order valence-corrected chi connectivity index (χ3v) is 13.7. The van der Waals surface area contributed by atoms with E-state index < -0.39 is 30.4 Å². The third-order valence-electron chi connectivity index (χ3n) is 13.7. The summed E-state index contributed by atoms with van der Waals surface area (Å²) in [5.41, 5.74) is 2.33. The Hall–Kier alpha value is -4.33. The molecule has 4 saturated heterocycles. The van der Waals surface area contributed by atoms with Crippen LogP contribution in [0.1, 0.15) is 134 Å². The van der Waals surface area contributed by atoms with Gasteiger partial charge in [0.15, 0.2) is 5.82 Å². The average Bonchev–Trinajstić information content (AvgIpc) is 3.85. The van der Waals surface area contributed by atoms with E-state index in [1.54, 1.807) is 23.2 Å². The molecule has 8 rings (SSSR count). The second-order valence-corrected chi connectivity index (χ2v) is 17.6. The number of hydrogen-bond donors (Lipinski definition) is 1. The summed E-state index contributed by atoms with van der Waals surface area (Å²) >= 11 is 0. The first-order valence-electron chi connectivity index (χ1n) is 22.3. The number of pyridine rings is 1. The van der Waals surface area contributed by atoms with E-state index in [9.17, 15) is 19.1 Å². The number of hydrogen-bond acceptors (Lipinski definition) is 11. The number of phenolic OH excluding ortho intramolecular Hbond substituents is 1. The number of piperazine rings is 1. The highest BCUT2D eigenvalue weighted by Gasteiger charge is 2.50. The van der Waals surface area contributed by atoms with Gasteiger partial charge in [0, 0.05) is 44.2 Å². The van der Waals surface area contributed by atoms with E-state index >= 15 is 4.39 Å². The molecule has 6 heterocycles. The Labute approximate surface area is 346 Å². The maximum atomic E-state index is 17.2. The highest BCUT2D eigenvalue weighted by Crippen LogP contribution is 2.45. The number of benzene rings is 1. The zero-order valence-electron chi connectivity index (χ0n) is 34.7. The van der Waals surface area contributed by atoms with Gasteiger partial charge in [-0.15, -0.1) is 0 Å². The first-order valence-corrected chi connectivity index (χ1v) is 22.3. The minimum Gasteiger partial charge on any atom is -0.508 e. The molecule has 1 N–H and O–H groups in total. The number of anilines is 1. The third kappa shape index (κ3) is 8.65.